The third kappa shape index (κ3) is 6.33. The van der Waals surface area contributed by atoms with E-state index in [4.69, 9.17) is 4.74 Å². The van der Waals surface area contributed by atoms with Crippen molar-refractivity contribution in [3.05, 3.63) is 0 Å². The average molecular weight is 447 g/mol. The fraction of sp³-hybridized carbons (Fsp3) is 0.955. The van der Waals surface area contributed by atoms with Gasteiger partial charge in [-0.25, -0.2) is 0 Å². The van der Waals surface area contributed by atoms with Crippen LogP contribution in [0, 0.1) is 11.8 Å². The maximum Gasteiger partial charge on any atom is 0.237 e. The van der Waals surface area contributed by atoms with Crippen LogP contribution in [-0.4, -0.2) is 86.4 Å². The molecule has 0 aromatic carbocycles. The van der Waals surface area contributed by atoms with Crippen molar-refractivity contribution < 1.29 is 24.9 Å². The minimum Gasteiger partial charge on any atom is -0.388 e. The van der Waals surface area contributed by atoms with Crippen LogP contribution >= 0.6 is 11.8 Å². The molecule has 0 unspecified atom stereocenters. The first kappa shape index (κ1) is 25.9. The van der Waals surface area contributed by atoms with Gasteiger partial charge < -0.3 is 25.4 Å². The summed E-state index contributed by atoms with van der Waals surface area (Å²) in [7, 11) is 1.98. The lowest BCUT2D eigenvalue weighted by Crippen LogP contribution is -2.64. The van der Waals surface area contributed by atoms with Crippen molar-refractivity contribution in [2.45, 2.75) is 107 Å². The standard InChI is InChI=1S/C22H42N2O5S/c1-8-9-13-10-14(24(7)11-13)20(28)23-15(12(2)3)19-17(26)16(25)18(27)21(29-19)30-22(4,5)6/h12-19,21,25-27H,8-11H2,1-7H3,(H,23,28)/t13-,14+,15-,16+,17-,18-,19-,21-/m1/s1. The Kier molecular flexibility index (Phi) is 9.05. The predicted molar refractivity (Wildman–Crippen MR) is 120 cm³/mol. The van der Waals surface area contributed by atoms with E-state index in [9.17, 15) is 20.1 Å². The van der Waals surface area contributed by atoms with E-state index < -0.39 is 35.9 Å². The number of carbonyl (C=O) groups excluding carboxylic acids is 1. The predicted octanol–water partition coefficient (Wildman–Crippen LogP) is 1.59. The topological polar surface area (TPSA) is 102 Å². The molecule has 7 nitrogen and oxygen atoms in total. The highest BCUT2D eigenvalue weighted by Gasteiger charge is 2.49. The van der Waals surface area contributed by atoms with Gasteiger partial charge in [0, 0.05) is 11.3 Å². The van der Waals surface area contributed by atoms with Gasteiger partial charge in [-0.1, -0.05) is 48.0 Å². The van der Waals surface area contributed by atoms with E-state index in [0.29, 0.717) is 5.92 Å². The first-order valence-corrected chi connectivity index (χ1v) is 12.1. The second kappa shape index (κ2) is 10.5. The summed E-state index contributed by atoms with van der Waals surface area (Å²) in [5, 5.41) is 34.7. The lowest BCUT2D eigenvalue weighted by Gasteiger charge is -2.46. The van der Waals surface area contributed by atoms with E-state index in [1.165, 1.54) is 11.8 Å². The van der Waals surface area contributed by atoms with Gasteiger partial charge in [-0.3, -0.25) is 9.69 Å². The number of hydrogen-bond donors (Lipinski definition) is 4. The van der Waals surface area contributed by atoms with E-state index >= 15 is 0 Å². The maximum atomic E-state index is 13.1. The van der Waals surface area contributed by atoms with Crippen LogP contribution in [0.1, 0.15) is 60.8 Å². The Morgan fingerprint density at radius 3 is 2.37 bits per heavy atom. The number of rotatable bonds is 7. The molecule has 0 radical (unpaired) electrons. The highest BCUT2D eigenvalue weighted by Crippen LogP contribution is 2.37. The fourth-order valence-corrected chi connectivity index (χ4v) is 5.72. The van der Waals surface area contributed by atoms with Crippen LogP contribution in [0.2, 0.25) is 0 Å². The molecule has 4 N–H and O–H groups in total. The van der Waals surface area contributed by atoms with Crippen molar-refractivity contribution in [1.29, 1.82) is 0 Å². The molecule has 2 saturated heterocycles. The number of likely N-dealkylation sites (tertiary alicyclic amines) is 1. The lowest BCUT2D eigenvalue weighted by atomic mass is 9.88. The number of thioether (sulfide) groups is 1. The quantitative estimate of drug-likeness (QED) is 0.471. The molecular weight excluding hydrogens is 404 g/mol. The van der Waals surface area contributed by atoms with Crippen molar-refractivity contribution in [2.24, 2.45) is 11.8 Å². The van der Waals surface area contributed by atoms with Crippen molar-refractivity contribution in [3.8, 4) is 0 Å². The van der Waals surface area contributed by atoms with Gasteiger partial charge in [0.2, 0.25) is 5.91 Å². The van der Waals surface area contributed by atoms with Gasteiger partial charge in [-0.2, -0.15) is 0 Å². The molecule has 2 heterocycles. The SMILES string of the molecule is CCC[C@@H]1C[C@@H](C(=O)N[C@H](C(C)C)[C@H]2O[C@H](SC(C)(C)C)[C@H](O)[C@@H](O)[C@H]2O)N(C)C1. The number of aliphatic hydroxyl groups excluding tert-OH is 3. The summed E-state index contributed by atoms with van der Waals surface area (Å²) < 4.78 is 5.91. The number of hydrogen-bond acceptors (Lipinski definition) is 7. The molecule has 0 saturated carbocycles. The Labute approximate surface area is 185 Å². The number of nitrogens with zero attached hydrogens (tertiary/aromatic N) is 1. The zero-order chi connectivity index (χ0) is 22.8. The van der Waals surface area contributed by atoms with Crippen LogP contribution < -0.4 is 5.32 Å². The minimum atomic E-state index is -1.33. The Hall–Kier alpha value is -0.380. The van der Waals surface area contributed by atoms with Crippen molar-refractivity contribution in [1.82, 2.24) is 10.2 Å². The van der Waals surface area contributed by atoms with Gasteiger partial charge in [0.15, 0.2) is 0 Å². The van der Waals surface area contributed by atoms with Crippen LogP contribution in [-0.2, 0) is 9.53 Å². The van der Waals surface area contributed by atoms with Gasteiger partial charge in [-0.15, -0.1) is 11.8 Å². The maximum absolute atomic E-state index is 13.1. The van der Waals surface area contributed by atoms with Gasteiger partial charge in [0.1, 0.15) is 29.9 Å². The Morgan fingerprint density at radius 2 is 1.83 bits per heavy atom. The summed E-state index contributed by atoms with van der Waals surface area (Å²) >= 11 is 1.41. The molecule has 2 aliphatic heterocycles. The molecule has 8 atom stereocenters. The number of amides is 1. The summed E-state index contributed by atoms with van der Waals surface area (Å²) in [5.41, 5.74) is -0.686. The molecule has 0 spiro atoms. The molecule has 2 aliphatic rings. The summed E-state index contributed by atoms with van der Waals surface area (Å²) in [6.45, 7) is 13.0. The van der Waals surface area contributed by atoms with Crippen molar-refractivity contribution in [3.63, 3.8) is 0 Å². The molecule has 0 bridgehead atoms. The third-order valence-corrected chi connectivity index (χ3v) is 7.42. The summed E-state index contributed by atoms with van der Waals surface area (Å²) in [5.74, 6) is 0.440. The van der Waals surface area contributed by atoms with Crippen molar-refractivity contribution >= 4 is 17.7 Å². The number of aliphatic hydroxyl groups is 3. The molecule has 1 amide bonds. The molecule has 30 heavy (non-hydrogen) atoms. The minimum absolute atomic E-state index is 0.0190. The molecule has 2 fully saturated rings. The van der Waals surface area contributed by atoms with E-state index in [1.807, 2.05) is 41.7 Å². The van der Waals surface area contributed by atoms with E-state index in [0.717, 1.165) is 25.8 Å². The molecule has 0 aliphatic carbocycles. The number of ether oxygens (including phenoxy) is 1. The molecule has 0 aromatic heterocycles. The fourth-order valence-electron chi connectivity index (χ4n) is 4.53. The molecular formula is C22H42N2O5S. The third-order valence-electron chi connectivity index (χ3n) is 6.09. The summed E-state index contributed by atoms with van der Waals surface area (Å²) in [6, 6.07) is -0.671. The largest absolute Gasteiger partial charge is 0.388 e. The second-order valence-corrected chi connectivity index (χ2v) is 12.2. The van der Waals surface area contributed by atoms with E-state index in [-0.39, 0.29) is 22.6 Å². The monoisotopic (exact) mass is 446 g/mol. The molecule has 8 heteroatoms. The Morgan fingerprint density at radius 1 is 1.20 bits per heavy atom. The lowest BCUT2D eigenvalue weighted by molar-refractivity contribution is -0.208. The molecule has 2 rings (SSSR count). The van der Waals surface area contributed by atoms with Gasteiger partial charge in [-0.05, 0) is 31.7 Å². The molecule has 0 aromatic rings. The normalized spacial score (nSPS) is 36.8. The zero-order valence-electron chi connectivity index (χ0n) is 19.5. The summed E-state index contributed by atoms with van der Waals surface area (Å²) in [4.78, 5) is 15.2. The molecule has 176 valence electrons. The van der Waals surface area contributed by atoms with Crippen LogP contribution in [0.15, 0.2) is 0 Å². The summed E-state index contributed by atoms with van der Waals surface area (Å²) in [6.07, 6.45) is -1.55. The van der Waals surface area contributed by atoms with Crippen LogP contribution in [0.25, 0.3) is 0 Å². The van der Waals surface area contributed by atoms with Crippen LogP contribution in [0.3, 0.4) is 0 Å². The van der Waals surface area contributed by atoms with Crippen LogP contribution in [0.4, 0.5) is 0 Å². The van der Waals surface area contributed by atoms with Gasteiger partial charge in [0.25, 0.3) is 0 Å². The van der Waals surface area contributed by atoms with Gasteiger partial charge in [0.05, 0.1) is 12.1 Å². The van der Waals surface area contributed by atoms with E-state index in [1.54, 1.807) is 0 Å². The van der Waals surface area contributed by atoms with Crippen molar-refractivity contribution in [2.75, 3.05) is 13.6 Å². The highest BCUT2D eigenvalue weighted by atomic mass is 32.2. The number of nitrogens with one attached hydrogen (secondary N) is 1. The number of likely N-dealkylation sites (N-methyl/N-ethyl adjacent to an activating group) is 1. The smallest absolute Gasteiger partial charge is 0.237 e. The van der Waals surface area contributed by atoms with E-state index in [2.05, 4.69) is 17.1 Å². The van der Waals surface area contributed by atoms with Gasteiger partial charge >= 0.3 is 0 Å². The van der Waals surface area contributed by atoms with Crippen LogP contribution in [0.5, 0.6) is 0 Å². The Bertz CT molecular complexity index is 570. The first-order valence-electron chi connectivity index (χ1n) is 11.2. The second-order valence-electron chi connectivity index (χ2n) is 10.3. The Balaban J connectivity index is 2.14. The average Bonchev–Trinajstić information content (AvgIpc) is 3.00. The first-order chi connectivity index (χ1) is 13.9. The highest BCUT2D eigenvalue weighted by molar-refractivity contribution is 8.01. The number of carbonyl (C=O) groups is 1. The zero-order valence-corrected chi connectivity index (χ0v) is 20.4.